The Bertz CT molecular complexity index is 649. The number of aromatic nitrogens is 1. The molecule has 0 saturated carbocycles. The number of carbonyl (C=O) groups is 1. The highest BCUT2D eigenvalue weighted by molar-refractivity contribution is 7.22. The summed E-state index contributed by atoms with van der Waals surface area (Å²) in [5, 5.41) is 7.59. The van der Waals surface area contributed by atoms with E-state index in [0.717, 1.165) is 36.0 Å². The lowest BCUT2D eigenvalue weighted by Crippen LogP contribution is -2.50. The Morgan fingerprint density at radius 3 is 3.15 bits per heavy atom. The van der Waals surface area contributed by atoms with Crippen molar-refractivity contribution in [2.45, 2.75) is 31.7 Å². The molecule has 0 radical (unpaired) electrons. The molecule has 0 spiro atoms. The van der Waals surface area contributed by atoms with Crippen LogP contribution in [-0.4, -0.2) is 23.0 Å². The topological polar surface area (TPSA) is 54.0 Å². The first-order valence-corrected chi connectivity index (χ1v) is 7.95. The van der Waals surface area contributed by atoms with Crippen LogP contribution < -0.4 is 10.6 Å². The van der Waals surface area contributed by atoms with Crippen molar-refractivity contribution in [3.63, 3.8) is 0 Å². The van der Waals surface area contributed by atoms with E-state index in [1.54, 1.807) is 6.07 Å². The molecule has 0 aliphatic carbocycles. The van der Waals surface area contributed by atoms with Crippen LogP contribution in [0.2, 0.25) is 5.02 Å². The van der Waals surface area contributed by atoms with Crippen molar-refractivity contribution in [3.8, 4) is 0 Å². The van der Waals surface area contributed by atoms with E-state index in [1.807, 2.05) is 19.1 Å². The zero-order valence-corrected chi connectivity index (χ0v) is 12.8. The summed E-state index contributed by atoms with van der Waals surface area (Å²) in [6, 6.07) is 5.54. The highest BCUT2D eigenvalue weighted by Crippen LogP contribution is 2.30. The number of hydrogen-bond acceptors (Lipinski definition) is 4. The molecule has 106 valence electrons. The zero-order chi connectivity index (χ0) is 14.2. The summed E-state index contributed by atoms with van der Waals surface area (Å²) in [7, 11) is 0. The van der Waals surface area contributed by atoms with Gasteiger partial charge in [0.2, 0.25) is 5.91 Å². The molecule has 1 amide bonds. The number of rotatable bonds is 3. The molecule has 1 aliphatic rings. The Morgan fingerprint density at radius 2 is 2.45 bits per heavy atom. The van der Waals surface area contributed by atoms with E-state index >= 15 is 0 Å². The minimum Gasteiger partial charge on any atom is -0.303 e. The van der Waals surface area contributed by atoms with Gasteiger partial charge in [0.1, 0.15) is 0 Å². The Labute approximate surface area is 126 Å². The van der Waals surface area contributed by atoms with Gasteiger partial charge in [-0.3, -0.25) is 4.79 Å². The molecule has 1 saturated heterocycles. The van der Waals surface area contributed by atoms with Gasteiger partial charge >= 0.3 is 0 Å². The van der Waals surface area contributed by atoms with Gasteiger partial charge < -0.3 is 10.6 Å². The number of nitrogens with zero attached hydrogens (tertiary/aromatic N) is 1. The van der Waals surface area contributed by atoms with Gasteiger partial charge in [-0.2, -0.15) is 0 Å². The second-order valence-electron chi connectivity index (χ2n) is 5.05. The average Bonchev–Trinajstić information content (AvgIpc) is 3.04. The van der Waals surface area contributed by atoms with Gasteiger partial charge in [0.05, 0.1) is 15.8 Å². The van der Waals surface area contributed by atoms with Crippen molar-refractivity contribution < 1.29 is 4.79 Å². The Morgan fingerprint density at radius 1 is 1.60 bits per heavy atom. The molecule has 20 heavy (non-hydrogen) atoms. The first-order valence-electron chi connectivity index (χ1n) is 6.75. The van der Waals surface area contributed by atoms with Crippen LogP contribution in [0.25, 0.3) is 10.2 Å². The van der Waals surface area contributed by atoms with Crippen molar-refractivity contribution in [3.05, 3.63) is 23.2 Å². The lowest BCUT2D eigenvalue weighted by Gasteiger charge is -2.25. The van der Waals surface area contributed by atoms with Crippen LogP contribution >= 0.6 is 22.9 Å². The average molecular weight is 310 g/mol. The lowest BCUT2D eigenvalue weighted by atomic mass is 9.93. The Hall–Kier alpha value is -1.17. The monoisotopic (exact) mass is 309 g/mol. The smallest absolute Gasteiger partial charge is 0.246 e. The lowest BCUT2D eigenvalue weighted by molar-refractivity contribution is -0.122. The Kier molecular flexibility index (Phi) is 3.67. The predicted molar refractivity (Wildman–Crippen MR) is 83.5 cm³/mol. The first kappa shape index (κ1) is 13.8. The molecule has 2 aromatic rings. The highest BCUT2D eigenvalue weighted by atomic mass is 35.5. The van der Waals surface area contributed by atoms with Crippen LogP contribution in [0.5, 0.6) is 0 Å². The molecule has 2 N–H and O–H groups in total. The number of fused-ring (bicyclic) bond motifs is 1. The zero-order valence-electron chi connectivity index (χ0n) is 11.2. The van der Waals surface area contributed by atoms with E-state index in [-0.39, 0.29) is 5.91 Å². The number of anilines is 1. The maximum atomic E-state index is 12.5. The van der Waals surface area contributed by atoms with E-state index in [9.17, 15) is 4.79 Å². The second kappa shape index (κ2) is 5.31. The molecule has 1 aliphatic heterocycles. The molecule has 4 nitrogen and oxygen atoms in total. The third kappa shape index (κ3) is 2.41. The summed E-state index contributed by atoms with van der Waals surface area (Å²) in [6.07, 6.45) is 2.71. The molecule has 3 rings (SSSR count). The molecule has 1 fully saturated rings. The van der Waals surface area contributed by atoms with Crippen molar-refractivity contribution in [2.75, 3.05) is 11.9 Å². The largest absolute Gasteiger partial charge is 0.303 e. The number of carbonyl (C=O) groups excluding carboxylic acids is 1. The van der Waals surface area contributed by atoms with Crippen molar-refractivity contribution in [2.24, 2.45) is 0 Å². The van der Waals surface area contributed by atoms with Crippen molar-refractivity contribution >= 4 is 44.2 Å². The molecule has 1 aromatic heterocycles. The second-order valence-corrected chi connectivity index (χ2v) is 6.52. The van der Waals surface area contributed by atoms with Crippen molar-refractivity contribution in [1.82, 2.24) is 10.3 Å². The summed E-state index contributed by atoms with van der Waals surface area (Å²) in [5.74, 6) is 0.0163. The van der Waals surface area contributed by atoms with Gasteiger partial charge in [0.15, 0.2) is 5.13 Å². The van der Waals surface area contributed by atoms with Gasteiger partial charge in [0.25, 0.3) is 0 Å². The first-order chi connectivity index (χ1) is 9.63. The molecule has 2 heterocycles. The summed E-state index contributed by atoms with van der Waals surface area (Å²) in [6.45, 7) is 2.94. The fourth-order valence-electron chi connectivity index (χ4n) is 2.63. The van der Waals surface area contributed by atoms with E-state index < -0.39 is 5.54 Å². The minimum absolute atomic E-state index is 0.0163. The van der Waals surface area contributed by atoms with Gasteiger partial charge in [-0.25, -0.2) is 4.98 Å². The molecule has 6 heteroatoms. The van der Waals surface area contributed by atoms with Gasteiger partial charge in [-0.05, 0) is 44.0 Å². The fraction of sp³-hybridized carbons (Fsp3) is 0.429. The molecule has 0 bridgehead atoms. The SMILES string of the molecule is CCC1(C(=O)Nc2nc3ccc(Cl)cc3s2)CCCN1. The molecule has 1 aromatic carbocycles. The quantitative estimate of drug-likeness (QED) is 0.913. The van der Waals surface area contributed by atoms with Gasteiger partial charge in [-0.1, -0.05) is 29.9 Å². The standard InChI is InChI=1S/C14H16ClN3OS/c1-2-14(6-3-7-16-14)12(19)18-13-17-10-5-4-9(15)8-11(10)20-13/h4-5,8,16H,2-3,6-7H2,1H3,(H,17,18,19). The molecule has 1 unspecified atom stereocenters. The van der Waals surface area contributed by atoms with Gasteiger partial charge in [0, 0.05) is 5.02 Å². The van der Waals surface area contributed by atoms with Gasteiger partial charge in [-0.15, -0.1) is 0 Å². The highest BCUT2D eigenvalue weighted by Gasteiger charge is 2.39. The number of hydrogen-bond donors (Lipinski definition) is 2. The van der Waals surface area contributed by atoms with Crippen LogP contribution in [0.1, 0.15) is 26.2 Å². The van der Waals surface area contributed by atoms with Crippen LogP contribution in [0.3, 0.4) is 0 Å². The molecular formula is C14H16ClN3OS. The predicted octanol–water partition coefficient (Wildman–Crippen LogP) is 3.42. The maximum Gasteiger partial charge on any atom is 0.246 e. The summed E-state index contributed by atoms with van der Waals surface area (Å²) >= 11 is 7.42. The van der Waals surface area contributed by atoms with Crippen LogP contribution in [0, 0.1) is 0 Å². The van der Waals surface area contributed by atoms with Crippen molar-refractivity contribution in [1.29, 1.82) is 0 Å². The third-order valence-electron chi connectivity index (χ3n) is 3.85. The summed E-state index contributed by atoms with van der Waals surface area (Å²) in [5.41, 5.74) is 0.426. The summed E-state index contributed by atoms with van der Waals surface area (Å²) < 4.78 is 0.984. The number of benzene rings is 1. The van der Waals surface area contributed by atoms with E-state index in [1.165, 1.54) is 11.3 Å². The van der Waals surface area contributed by atoms with E-state index in [0.29, 0.717) is 10.2 Å². The summed E-state index contributed by atoms with van der Waals surface area (Å²) in [4.78, 5) is 16.9. The van der Waals surface area contributed by atoms with Crippen LogP contribution in [0.15, 0.2) is 18.2 Å². The minimum atomic E-state index is -0.435. The number of halogens is 1. The third-order valence-corrected chi connectivity index (χ3v) is 5.02. The van der Waals surface area contributed by atoms with Crippen LogP contribution in [-0.2, 0) is 4.79 Å². The number of thiazole rings is 1. The normalized spacial score (nSPS) is 22.3. The van der Waals surface area contributed by atoms with E-state index in [2.05, 4.69) is 15.6 Å². The number of nitrogens with one attached hydrogen (secondary N) is 2. The van der Waals surface area contributed by atoms with E-state index in [4.69, 9.17) is 11.6 Å². The Balaban J connectivity index is 1.83. The maximum absolute atomic E-state index is 12.5. The molecule has 1 atom stereocenters. The fourth-order valence-corrected chi connectivity index (χ4v) is 3.77. The number of amides is 1. The molecular weight excluding hydrogens is 294 g/mol. The van der Waals surface area contributed by atoms with Crippen LogP contribution in [0.4, 0.5) is 5.13 Å².